The molecule has 7 nitrogen and oxygen atoms in total. The number of Topliss-reactive ketones (excluding diaryl/α,β-unsaturated/α-hetero) is 1. The van der Waals surface area contributed by atoms with E-state index in [1.54, 1.807) is 13.1 Å². The summed E-state index contributed by atoms with van der Waals surface area (Å²) in [6.07, 6.45) is 3.75. The first-order chi connectivity index (χ1) is 15.5. The van der Waals surface area contributed by atoms with Crippen molar-refractivity contribution in [2.24, 2.45) is 23.0 Å². The van der Waals surface area contributed by atoms with E-state index >= 15 is 0 Å². The first-order valence-corrected chi connectivity index (χ1v) is 12.3. The minimum Gasteiger partial charge on any atom is -0.369 e. The third-order valence-electron chi connectivity index (χ3n) is 6.44. The fourth-order valence-corrected chi connectivity index (χ4v) is 4.93. The first-order valence-electron chi connectivity index (χ1n) is 11.2. The van der Waals surface area contributed by atoms with E-state index in [1.165, 1.54) is 0 Å². The van der Waals surface area contributed by atoms with Gasteiger partial charge < -0.3 is 14.4 Å². The van der Waals surface area contributed by atoms with Gasteiger partial charge in [-0.2, -0.15) is 0 Å². The van der Waals surface area contributed by atoms with Crippen LogP contribution in [0.1, 0.15) is 31.5 Å². The summed E-state index contributed by atoms with van der Waals surface area (Å²) in [4.78, 5) is 29.9. The number of imidazole rings is 1. The Hall–Kier alpha value is -2.12. The molecule has 0 N–H and O–H groups in total. The predicted molar refractivity (Wildman–Crippen MR) is 133 cm³/mol. The second-order valence-corrected chi connectivity index (χ2v) is 9.22. The lowest BCUT2D eigenvalue weighted by atomic mass is 9.96. The molecule has 172 valence electrons. The fraction of sp³-hybridized carbons (Fsp3) is 0.565. The molecule has 0 radical (unpaired) electrons. The van der Waals surface area contributed by atoms with Crippen molar-refractivity contribution in [1.29, 1.82) is 0 Å². The first kappa shape index (κ1) is 23.1. The molecule has 0 spiro atoms. The molecule has 1 unspecified atom stereocenters. The van der Waals surface area contributed by atoms with E-state index in [4.69, 9.17) is 28.2 Å². The van der Waals surface area contributed by atoms with E-state index in [1.807, 2.05) is 0 Å². The zero-order valence-corrected chi connectivity index (χ0v) is 20.2. The summed E-state index contributed by atoms with van der Waals surface area (Å²) in [6, 6.07) is 6.41. The molecule has 1 aromatic carbocycles. The zero-order valence-electron chi connectivity index (χ0n) is 18.7. The summed E-state index contributed by atoms with van der Waals surface area (Å²) in [5.74, 6) is 3.35. The molecule has 0 saturated carbocycles. The van der Waals surface area contributed by atoms with Crippen molar-refractivity contribution in [2.75, 3.05) is 49.4 Å². The number of aromatic nitrogens is 2. The summed E-state index contributed by atoms with van der Waals surface area (Å²) >= 11 is 12.0. The van der Waals surface area contributed by atoms with Crippen LogP contribution in [-0.4, -0.2) is 76.9 Å². The SMILES string of the molecule is CC(=O)C1C=NC(N2CCC(c3nc4cc(N(CCCl)CCCl)ccc4n3C)CC2)=NC1. The Kier molecular flexibility index (Phi) is 7.36. The van der Waals surface area contributed by atoms with Crippen molar-refractivity contribution >= 4 is 57.9 Å². The number of fused-ring (bicyclic) bond motifs is 1. The zero-order chi connectivity index (χ0) is 22.7. The summed E-state index contributed by atoms with van der Waals surface area (Å²) in [6.45, 7) is 5.40. The van der Waals surface area contributed by atoms with Gasteiger partial charge >= 0.3 is 0 Å². The third kappa shape index (κ3) is 4.79. The Morgan fingerprint density at radius 2 is 1.91 bits per heavy atom. The van der Waals surface area contributed by atoms with Gasteiger partial charge in [-0.05, 0) is 38.0 Å². The van der Waals surface area contributed by atoms with Crippen LogP contribution >= 0.6 is 23.2 Å². The number of nitrogens with zero attached hydrogens (tertiary/aromatic N) is 6. The molecule has 1 aromatic heterocycles. The molecule has 9 heteroatoms. The summed E-state index contributed by atoms with van der Waals surface area (Å²) in [7, 11) is 2.10. The van der Waals surface area contributed by atoms with E-state index in [0.717, 1.165) is 67.5 Å². The van der Waals surface area contributed by atoms with Gasteiger partial charge in [0.25, 0.3) is 0 Å². The number of anilines is 1. The minimum absolute atomic E-state index is 0.119. The van der Waals surface area contributed by atoms with Gasteiger partial charge in [-0.3, -0.25) is 9.79 Å². The smallest absolute Gasteiger partial charge is 0.220 e. The lowest BCUT2D eigenvalue weighted by molar-refractivity contribution is -0.118. The van der Waals surface area contributed by atoms with Gasteiger partial charge in [-0.15, -0.1) is 23.2 Å². The number of likely N-dealkylation sites (tertiary alicyclic amines) is 1. The van der Waals surface area contributed by atoms with Crippen LogP contribution in [0.4, 0.5) is 5.69 Å². The molecular formula is C23H30Cl2N6O. The minimum atomic E-state index is -0.175. The van der Waals surface area contributed by atoms with Crippen LogP contribution in [0.2, 0.25) is 0 Å². The number of guanidine groups is 1. The van der Waals surface area contributed by atoms with E-state index < -0.39 is 0 Å². The van der Waals surface area contributed by atoms with Gasteiger partial charge in [0.15, 0.2) is 0 Å². The molecular weight excluding hydrogens is 447 g/mol. The van der Waals surface area contributed by atoms with Crippen molar-refractivity contribution < 1.29 is 4.79 Å². The average Bonchev–Trinajstić information content (AvgIpc) is 3.15. The monoisotopic (exact) mass is 476 g/mol. The van der Waals surface area contributed by atoms with E-state index in [2.05, 4.69) is 49.6 Å². The molecule has 1 atom stereocenters. The molecule has 3 heterocycles. The largest absolute Gasteiger partial charge is 0.369 e. The van der Waals surface area contributed by atoms with Gasteiger partial charge in [-0.25, -0.2) is 9.98 Å². The van der Waals surface area contributed by atoms with Gasteiger partial charge in [0.1, 0.15) is 11.6 Å². The van der Waals surface area contributed by atoms with Gasteiger partial charge in [0.05, 0.1) is 23.5 Å². The molecule has 32 heavy (non-hydrogen) atoms. The predicted octanol–water partition coefficient (Wildman–Crippen LogP) is 3.68. The van der Waals surface area contributed by atoms with Crippen LogP contribution in [0.25, 0.3) is 11.0 Å². The highest BCUT2D eigenvalue weighted by Crippen LogP contribution is 2.31. The lowest BCUT2D eigenvalue weighted by Gasteiger charge is -2.33. The highest BCUT2D eigenvalue weighted by Gasteiger charge is 2.27. The summed E-state index contributed by atoms with van der Waals surface area (Å²) in [5.41, 5.74) is 3.25. The van der Waals surface area contributed by atoms with Crippen molar-refractivity contribution in [3.8, 4) is 0 Å². The number of hydrogen-bond acceptors (Lipinski definition) is 6. The van der Waals surface area contributed by atoms with Crippen molar-refractivity contribution in [3.05, 3.63) is 24.0 Å². The van der Waals surface area contributed by atoms with E-state index in [0.29, 0.717) is 24.2 Å². The quantitative estimate of drug-likeness (QED) is 0.571. The molecule has 1 saturated heterocycles. The van der Waals surface area contributed by atoms with Crippen molar-refractivity contribution in [1.82, 2.24) is 14.5 Å². The van der Waals surface area contributed by atoms with Crippen LogP contribution < -0.4 is 4.90 Å². The van der Waals surface area contributed by atoms with Crippen molar-refractivity contribution in [2.45, 2.75) is 25.7 Å². The Labute approximate surface area is 199 Å². The average molecular weight is 477 g/mol. The highest BCUT2D eigenvalue weighted by molar-refractivity contribution is 6.18. The number of aliphatic imine (C=N–C) groups is 2. The van der Waals surface area contributed by atoms with Gasteiger partial charge in [0.2, 0.25) is 5.96 Å². The maximum Gasteiger partial charge on any atom is 0.220 e. The molecule has 2 aliphatic heterocycles. The molecule has 2 aromatic rings. The van der Waals surface area contributed by atoms with Crippen LogP contribution in [-0.2, 0) is 11.8 Å². The van der Waals surface area contributed by atoms with Crippen LogP contribution in [0.3, 0.4) is 0 Å². The number of alkyl halides is 2. The molecule has 0 amide bonds. The molecule has 4 rings (SSSR count). The maximum absolute atomic E-state index is 11.5. The standard InChI is InChI=1S/C23H30Cl2N6O/c1-16(32)18-14-26-23(27-15-18)31-9-5-17(6-10-31)22-28-20-13-19(3-4-21(20)29(22)2)30(11-7-24)12-8-25/h3-4,13-14,17-18H,5-12,15H2,1-2H3. The molecule has 0 aliphatic carbocycles. The number of carbonyl (C=O) groups excluding carboxylic acids is 1. The number of carbonyl (C=O) groups is 1. The Balaban J connectivity index is 1.46. The number of hydrogen-bond donors (Lipinski definition) is 0. The lowest BCUT2D eigenvalue weighted by Crippen LogP contribution is -2.39. The molecule has 1 fully saturated rings. The third-order valence-corrected chi connectivity index (χ3v) is 6.78. The normalized spacial score (nSPS) is 19.4. The van der Waals surface area contributed by atoms with E-state index in [9.17, 15) is 4.79 Å². The molecule has 2 aliphatic rings. The van der Waals surface area contributed by atoms with E-state index in [-0.39, 0.29) is 11.7 Å². The number of rotatable bonds is 7. The van der Waals surface area contributed by atoms with Crippen LogP contribution in [0.5, 0.6) is 0 Å². The Morgan fingerprint density at radius 3 is 2.50 bits per heavy atom. The Bertz CT molecular complexity index is 1020. The summed E-state index contributed by atoms with van der Waals surface area (Å²) < 4.78 is 2.22. The Morgan fingerprint density at radius 1 is 1.19 bits per heavy atom. The number of aryl methyl sites for hydroxylation is 1. The molecule has 0 bridgehead atoms. The number of halogens is 2. The summed E-state index contributed by atoms with van der Waals surface area (Å²) in [5, 5.41) is 0. The number of ketones is 1. The number of piperidine rings is 1. The topological polar surface area (TPSA) is 66.1 Å². The van der Waals surface area contributed by atoms with Crippen molar-refractivity contribution in [3.63, 3.8) is 0 Å². The van der Waals surface area contributed by atoms with Gasteiger partial charge in [-0.1, -0.05) is 0 Å². The van der Waals surface area contributed by atoms with Gasteiger partial charge in [0, 0.05) is 62.8 Å². The number of benzene rings is 1. The second kappa shape index (κ2) is 10.2. The fourth-order valence-electron chi connectivity index (χ4n) is 4.52. The van der Waals surface area contributed by atoms with Crippen LogP contribution in [0, 0.1) is 5.92 Å². The van der Waals surface area contributed by atoms with Crippen LogP contribution in [0.15, 0.2) is 28.2 Å². The maximum atomic E-state index is 11.5. The highest BCUT2D eigenvalue weighted by atomic mass is 35.5. The second-order valence-electron chi connectivity index (χ2n) is 8.46.